The maximum absolute atomic E-state index is 13.4. The monoisotopic (exact) mass is 499 g/mol. The normalized spacial score (nSPS) is 34.5. The molecule has 2 saturated heterocycles. The van der Waals surface area contributed by atoms with Crippen LogP contribution in [0.1, 0.15) is 77.7 Å². The summed E-state index contributed by atoms with van der Waals surface area (Å²) >= 11 is 0. The lowest BCUT2D eigenvalue weighted by molar-refractivity contribution is -0.111. The summed E-state index contributed by atoms with van der Waals surface area (Å²) in [6.45, 7) is 6.09. The van der Waals surface area contributed by atoms with Gasteiger partial charge < -0.3 is 14.4 Å². The Morgan fingerprint density at radius 3 is 2.40 bits per heavy atom. The number of benzene rings is 1. The topological polar surface area (TPSA) is 95.7 Å². The van der Waals surface area contributed by atoms with Crippen molar-refractivity contribution in [2.75, 3.05) is 6.54 Å². The molecule has 4 bridgehead atoms. The van der Waals surface area contributed by atoms with E-state index in [0.29, 0.717) is 28.5 Å². The van der Waals surface area contributed by atoms with Crippen molar-refractivity contribution in [1.82, 2.24) is 14.5 Å². The molecule has 3 heterocycles. The molecule has 5 aliphatic rings. The molecule has 2 unspecified atom stereocenters. The van der Waals surface area contributed by atoms with E-state index in [-0.39, 0.29) is 6.04 Å². The van der Waals surface area contributed by atoms with E-state index in [1.165, 1.54) is 32.1 Å². The Labute approximate surface area is 207 Å². The minimum Gasteiger partial charge on any atom is -0.320 e. The highest BCUT2D eigenvalue weighted by molar-refractivity contribution is 7.59. The number of nitrogens with zero attached hydrogens (tertiary/aromatic N) is 3. The van der Waals surface area contributed by atoms with Crippen molar-refractivity contribution in [3.63, 3.8) is 0 Å². The number of hydrogen-bond donors (Lipinski definition) is 2. The van der Waals surface area contributed by atoms with Gasteiger partial charge in [0.1, 0.15) is 0 Å². The number of para-hydroxylation sites is 2. The lowest BCUT2D eigenvalue weighted by Crippen LogP contribution is -2.56. The van der Waals surface area contributed by atoms with Crippen LogP contribution in [0.2, 0.25) is 0 Å². The van der Waals surface area contributed by atoms with Gasteiger partial charge in [0.05, 0.1) is 11.0 Å². The van der Waals surface area contributed by atoms with E-state index in [9.17, 15) is 19.1 Å². The molecule has 0 spiro atoms. The SMILES string of the molecule is CC1(C)[C@H]2CC[C@@H](CCN3C4CCC[C@H]3CC(n3c(=O)c(P(=O)(O)O)nc5ccccc53)C4)[C@@H]1C2. The molecule has 5 fully saturated rings. The zero-order valence-electron chi connectivity index (χ0n) is 20.8. The van der Waals surface area contributed by atoms with E-state index < -0.39 is 18.6 Å². The number of piperidine rings is 2. The van der Waals surface area contributed by atoms with E-state index in [1.807, 2.05) is 12.1 Å². The van der Waals surface area contributed by atoms with Gasteiger partial charge in [0.25, 0.3) is 5.56 Å². The van der Waals surface area contributed by atoms with Gasteiger partial charge in [0, 0.05) is 18.1 Å². The van der Waals surface area contributed by atoms with E-state index in [0.717, 1.165) is 50.0 Å². The summed E-state index contributed by atoms with van der Waals surface area (Å²) in [4.78, 5) is 39.9. The van der Waals surface area contributed by atoms with Crippen molar-refractivity contribution >= 4 is 24.1 Å². The van der Waals surface area contributed by atoms with Gasteiger partial charge >= 0.3 is 7.60 Å². The minimum atomic E-state index is -4.77. The Hall–Kier alpha value is -1.53. The molecule has 2 aromatic rings. The highest BCUT2D eigenvalue weighted by Crippen LogP contribution is 2.62. The molecule has 1 aromatic carbocycles. The molecule has 3 saturated carbocycles. The van der Waals surface area contributed by atoms with E-state index in [2.05, 4.69) is 23.7 Å². The summed E-state index contributed by atoms with van der Waals surface area (Å²) in [6.07, 6.45) is 10.7. The molecule has 1 aromatic heterocycles. The molecule has 7 rings (SSSR count). The van der Waals surface area contributed by atoms with Crippen molar-refractivity contribution in [2.45, 2.75) is 89.8 Å². The van der Waals surface area contributed by atoms with Crippen LogP contribution in [-0.4, -0.2) is 42.9 Å². The third-order valence-corrected chi connectivity index (χ3v) is 11.1. The third-order valence-electron chi connectivity index (χ3n) is 10.3. The lowest BCUT2D eigenvalue weighted by Gasteiger charge is -2.60. The first-order valence-corrected chi connectivity index (χ1v) is 15.1. The van der Waals surface area contributed by atoms with Crippen LogP contribution in [0.4, 0.5) is 0 Å². The molecule has 190 valence electrons. The van der Waals surface area contributed by atoms with E-state index >= 15 is 0 Å². The summed E-state index contributed by atoms with van der Waals surface area (Å²) in [7, 11) is -4.77. The molecule has 0 radical (unpaired) electrons. The number of aromatic nitrogens is 2. The Balaban J connectivity index is 1.26. The zero-order chi connectivity index (χ0) is 24.5. The fraction of sp³-hybridized carbons (Fsp3) is 0.704. The van der Waals surface area contributed by atoms with Gasteiger partial charge in [-0.3, -0.25) is 14.3 Å². The Bertz CT molecular complexity index is 1220. The van der Waals surface area contributed by atoms with E-state index in [1.54, 1.807) is 16.7 Å². The minimum absolute atomic E-state index is 0.0618. The molecule has 8 heteroatoms. The van der Waals surface area contributed by atoms with Gasteiger partial charge in [-0.1, -0.05) is 32.4 Å². The van der Waals surface area contributed by atoms with Crippen LogP contribution in [0.5, 0.6) is 0 Å². The molecule has 0 amide bonds. The van der Waals surface area contributed by atoms with Crippen LogP contribution in [0.15, 0.2) is 29.1 Å². The van der Waals surface area contributed by atoms with Crippen molar-refractivity contribution in [2.24, 2.45) is 23.2 Å². The van der Waals surface area contributed by atoms with Gasteiger partial charge in [0.2, 0.25) is 5.44 Å². The first-order chi connectivity index (χ1) is 16.6. The summed E-state index contributed by atoms with van der Waals surface area (Å²) in [5.74, 6) is 2.66. The second-order valence-electron chi connectivity index (χ2n) is 12.2. The second-order valence-corrected chi connectivity index (χ2v) is 13.7. The zero-order valence-corrected chi connectivity index (χ0v) is 21.7. The molecular formula is C27H38N3O4P. The van der Waals surface area contributed by atoms with Crippen LogP contribution in [0.3, 0.4) is 0 Å². The second kappa shape index (κ2) is 8.51. The highest BCUT2D eigenvalue weighted by atomic mass is 31.2. The van der Waals surface area contributed by atoms with Crippen LogP contribution in [0, 0.1) is 23.2 Å². The molecule has 2 N–H and O–H groups in total. The predicted octanol–water partition coefficient (Wildman–Crippen LogP) is 4.22. The van der Waals surface area contributed by atoms with Crippen molar-refractivity contribution < 1.29 is 14.4 Å². The van der Waals surface area contributed by atoms with Gasteiger partial charge in [-0.25, -0.2) is 4.98 Å². The fourth-order valence-electron chi connectivity index (χ4n) is 8.34. The van der Waals surface area contributed by atoms with Crippen LogP contribution >= 0.6 is 7.60 Å². The maximum Gasteiger partial charge on any atom is 0.380 e. The van der Waals surface area contributed by atoms with E-state index in [4.69, 9.17) is 0 Å². The molecule has 6 atom stereocenters. The summed E-state index contributed by atoms with van der Waals surface area (Å²) in [5.41, 5.74) is 0.415. The lowest BCUT2D eigenvalue weighted by atomic mass is 9.45. The molecule has 3 aliphatic carbocycles. The third kappa shape index (κ3) is 3.94. The van der Waals surface area contributed by atoms with Gasteiger partial charge in [-0.15, -0.1) is 0 Å². The first kappa shape index (κ1) is 23.8. The maximum atomic E-state index is 13.4. The van der Waals surface area contributed by atoms with Crippen molar-refractivity contribution in [1.29, 1.82) is 0 Å². The predicted molar refractivity (Wildman–Crippen MR) is 137 cm³/mol. The molecule has 35 heavy (non-hydrogen) atoms. The Morgan fingerprint density at radius 2 is 1.74 bits per heavy atom. The van der Waals surface area contributed by atoms with Crippen LogP contribution < -0.4 is 11.0 Å². The standard InChI is InChI=1S/C27H38N3O4P/c1-27(2)18-11-10-17(22(27)14-18)12-13-29-19-6-5-7-20(29)16-21(15-19)30-24-9-4-3-8-23(24)28-25(26(30)31)35(32,33)34/h3-4,8-9,17-22H,5-7,10-16H2,1-2H3,(H2,32,33,34)/t17-,18-,19-,20?,21?,22-/m0/s1. The van der Waals surface area contributed by atoms with Gasteiger partial charge in [0.15, 0.2) is 0 Å². The van der Waals surface area contributed by atoms with Crippen LogP contribution in [-0.2, 0) is 4.57 Å². The first-order valence-electron chi connectivity index (χ1n) is 13.5. The summed E-state index contributed by atoms with van der Waals surface area (Å²) < 4.78 is 13.8. The number of rotatable bonds is 5. The van der Waals surface area contributed by atoms with Crippen molar-refractivity contribution in [3.8, 4) is 0 Å². The molecule has 7 nitrogen and oxygen atoms in total. The Morgan fingerprint density at radius 1 is 1.03 bits per heavy atom. The van der Waals surface area contributed by atoms with Gasteiger partial charge in [-0.05, 0) is 93.2 Å². The quantitative estimate of drug-likeness (QED) is 0.598. The molecule has 2 aliphatic heterocycles. The summed E-state index contributed by atoms with van der Waals surface area (Å²) in [6, 6.07) is 8.04. The summed E-state index contributed by atoms with van der Waals surface area (Å²) in [5, 5.41) is 0. The number of fused-ring (bicyclic) bond motifs is 5. The van der Waals surface area contributed by atoms with Gasteiger partial charge in [-0.2, -0.15) is 0 Å². The van der Waals surface area contributed by atoms with Crippen LogP contribution in [0.25, 0.3) is 11.0 Å². The largest absolute Gasteiger partial charge is 0.380 e. The average Bonchev–Trinajstić information content (AvgIpc) is 2.81. The Kier molecular flexibility index (Phi) is 5.80. The van der Waals surface area contributed by atoms with Crippen molar-refractivity contribution in [3.05, 3.63) is 34.6 Å². The smallest absolute Gasteiger partial charge is 0.320 e. The highest BCUT2D eigenvalue weighted by Gasteiger charge is 2.54. The molecular weight excluding hydrogens is 461 g/mol. The average molecular weight is 500 g/mol. The fourth-order valence-corrected chi connectivity index (χ4v) is 8.94. The number of hydrogen-bond acceptors (Lipinski definition) is 4.